The van der Waals surface area contributed by atoms with Gasteiger partial charge in [-0.2, -0.15) is 13.2 Å². The molecule has 7 heteroatoms. The lowest BCUT2D eigenvalue weighted by atomic mass is 10.1. The molecule has 0 bridgehead atoms. The predicted octanol–water partition coefficient (Wildman–Crippen LogP) is 3.04. The van der Waals surface area contributed by atoms with Gasteiger partial charge in [-0.05, 0) is 18.2 Å². The van der Waals surface area contributed by atoms with E-state index in [2.05, 4.69) is 0 Å². The van der Waals surface area contributed by atoms with Crippen LogP contribution in [0.4, 0.5) is 17.6 Å². The van der Waals surface area contributed by atoms with Crippen molar-refractivity contribution in [3.63, 3.8) is 0 Å². The first-order valence-electron chi connectivity index (χ1n) is 5.33. The van der Waals surface area contributed by atoms with E-state index in [-0.39, 0.29) is 10.9 Å². The van der Waals surface area contributed by atoms with Crippen molar-refractivity contribution in [3.8, 4) is 0 Å². The number of aromatic nitrogens is 1. The van der Waals surface area contributed by atoms with E-state index in [0.717, 1.165) is 4.57 Å². The molecule has 19 heavy (non-hydrogen) atoms. The quantitative estimate of drug-likeness (QED) is 0.875. The number of carboxylic acid groups (broad SMARTS) is 1. The summed E-state index contributed by atoms with van der Waals surface area (Å²) in [6, 6.07) is 5.30. The first kappa shape index (κ1) is 13.4. The molecule has 0 fully saturated rings. The van der Waals surface area contributed by atoms with Crippen LogP contribution >= 0.6 is 0 Å². The molecule has 2 rings (SSSR count). The van der Waals surface area contributed by atoms with Crippen LogP contribution in [0, 0.1) is 11.7 Å². The maximum Gasteiger partial charge on any atom is 0.403 e. The van der Waals surface area contributed by atoms with Gasteiger partial charge in [-0.15, -0.1) is 0 Å². The highest BCUT2D eigenvalue weighted by Gasteiger charge is 2.45. The summed E-state index contributed by atoms with van der Waals surface area (Å²) >= 11 is 0. The number of carbonyl (C=O) groups is 1. The molecular formula is C12H9F4NO2. The monoisotopic (exact) mass is 275 g/mol. The van der Waals surface area contributed by atoms with E-state index in [1.54, 1.807) is 0 Å². The van der Waals surface area contributed by atoms with Crippen LogP contribution in [0.3, 0.4) is 0 Å². The van der Waals surface area contributed by atoms with E-state index in [1.165, 1.54) is 30.5 Å². The lowest BCUT2D eigenvalue weighted by Crippen LogP contribution is -2.34. The zero-order valence-corrected chi connectivity index (χ0v) is 9.49. The Morgan fingerprint density at radius 2 is 2.00 bits per heavy atom. The number of carboxylic acids is 1. The van der Waals surface area contributed by atoms with Crippen molar-refractivity contribution in [3.05, 3.63) is 36.3 Å². The molecular weight excluding hydrogens is 266 g/mol. The van der Waals surface area contributed by atoms with Gasteiger partial charge in [0.05, 0.1) is 5.52 Å². The number of alkyl halides is 3. The number of rotatable bonds is 3. The maximum atomic E-state index is 13.4. The Morgan fingerprint density at radius 1 is 1.32 bits per heavy atom. The summed E-state index contributed by atoms with van der Waals surface area (Å²) in [5.74, 6) is -5.03. The Kier molecular flexibility index (Phi) is 3.21. The lowest BCUT2D eigenvalue weighted by Gasteiger charge is -2.17. The molecule has 2 aromatic rings. The molecule has 3 nitrogen and oxygen atoms in total. The highest BCUT2D eigenvalue weighted by atomic mass is 19.4. The largest absolute Gasteiger partial charge is 0.481 e. The summed E-state index contributed by atoms with van der Waals surface area (Å²) < 4.78 is 52.2. The molecule has 0 aliphatic carbocycles. The smallest absolute Gasteiger partial charge is 0.403 e. The van der Waals surface area contributed by atoms with Crippen LogP contribution in [0.25, 0.3) is 10.9 Å². The first-order valence-corrected chi connectivity index (χ1v) is 5.33. The molecule has 0 aliphatic heterocycles. The number of halogens is 4. The van der Waals surface area contributed by atoms with Crippen molar-refractivity contribution in [1.82, 2.24) is 4.57 Å². The van der Waals surface area contributed by atoms with Crippen LogP contribution in [0.2, 0.25) is 0 Å². The second kappa shape index (κ2) is 4.56. The Balaban J connectivity index is 2.40. The van der Waals surface area contributed by atoms with Crippen LogP contribution in [0.15, 0.2) is 30.5 Å². The molecule has 1 aromatic carbocycles. The van der Waals surface area contributed by atoms with Gasteiger partial charge in [-0.25, -0.2) is 4.39 Å². The minimum atomic E-state index is -4.85. The Morgan fingerprint density at radius 3 is 2.58 bits per heavy atom. The second-order valence-corrected chi connectivity index (χ2v) is 4.07. The number of benzene rings is 1. The van der Waals surface area contributed by atoms with Gasteiger partial charge in [0.1, 0.15) is 5.82 Å². The second-order valence-electron chi connectivity index (χ2n) is 4.07. The van der Waals surface area contributed by atoms with Crippen molar-refractivity contribution in [2.24, 2.45) is 5.92 Å². The fourth-order valence-electron chi connectivity index (χ4n) is 1.86. The molecule has 1 N–H and O–H groups in total. The molecule has 1 atom stereocenters. The van der Waals surface area contributed by atoms with Gasteiger partial charge in [-0.1, -0.05) is 6.07 Å². The van der Waals surface area contributed by atoms with Gasteiger partial charge < -0.3 is 9.67 Å². The number of nitrogens with zero attached hydrogens (tertiary/aromatic N) is 1. The van der Waals surface area contributed by atoms with E-state index in [4.69, 9.17) is 5.11 Å². The van der Waals surface area contributed by atoms with Crippen LogP contribution in [-0.2, 0) is 11.3 Å². The Bertz CT molecular complexity index is 618. The van der Waals surface area contributed by atoms with Crippen molar-refractivity contribution in [2.45, 2.75) is 12.7 Å². The van der Waals surface area contributed by atoms with Crippen molar-refractivity contribution in [1.29, 1.82) is 0 Å². The van der Waals surface area contributed by atoms with Crippen LogP contribution in [-0.4, -0.2) is 21.8 Å². The average molecular weight is 275 g/mol. The SMILES string of the molecule is O=C(O)C(Cn1ccc2c(F)cccc21)C(F)(F)F. The summed E-state index contributed by atoms with van der Waals surface area (Å²) in [5.41, 5.74) is 0.232. The van der Waals surface area contributed by atoms with Crippen LogP contribution in [0.5, 0.6) is 0 Å². The first-order chi connectivity index (χ1) is 8.80. The van der Waals surface area contributed by atoms with Gasteiger partial charge >= 0.3 is 12.1 Å². The third-order valence-electron chi connectivity index (χ3n) is 2.83. The Labute approximate surface area is 105 Å². The van der Waals surface area contributed by atoms with E-state index >= 15 is 0 Å². The predicted molar refractivity (Wildman–Crippen MR) is 59.1 cm³/mol. The summed E-state index contributed by atoms with van der Waals surface area (Å²) in [5, 5.41) is 8.79. The number of hydrogen-bond donors (Lipinski definition) is 1. The van der Waals surface area contributed by atoms with Gasteiger partial charge in [0.15, 0.2) is 5.92 Å². The van der Waals surface area contributed by atoms with Crippen LogP contribution in [0.1, 0.15) is 0 Å². The normalized spacial score (nSPS) is 13.7. The minimum absolute atomic E-state index is 0.161. The number of hydrogen-bond acceptors (Lipinski definition) is 1. The van der Waals surface area contributed by atoms with Gasteiger partial charge in [-0.3, -0.25) is 4.79 Å². The summed E-state index contributed by atoms with van der Waals surface area (Å²) in [4.78, 5) is 10.7. The van der Waals surface area contributed by atoms with Gasteiger partial charge in [0.25, 0.3) is 0 Å². The van der Waals surface area contributed by atoms with E-state index < -0.39 is 30.4 Å². The zero-order valence-electron chi connectivity index (χ0n) is 9.49. The van der Waals surface area contributed by atoms with Crippen molar-refractivity contribution < 1.29 is 27.5 Å². The molecule has 0 saturated heterocycles. The number of fused-ring (bicyclic) bond motifs is 1. The molecule has 1 unspecified atom stereocenters. The summed E-state index contributed by atoms with van der Waals surface area (Å²) in [7, 11) is 0. The lowest BCUT2D eigenvalue weighted by molar-refractivity contribution is -0.195. The average Bonchev–Trinajstić information content (AvgIpc) is 2.68. The van der Waals surface area contributed by atoms with E-state index in [0.29, 0.717) is 0 Å². The molecule has 0 amide bonds. The van der Waals surface area contributed by atoms with Crippen molar-refractivity contribution in [2.75, 3.05) is 0 Å². The topological polar surface area (TPSA) is 42.2 Å². The molecule has 0 radical (unpaired) electrons. The Hall–Kier alpha value is -2.05. The van der Waals surface area contributed by atoms with Crippen LogP contribution < -0.4 is 0 Å². The van der Waals surface area contributed by atoms with E-state index in [9.17, 15) is 22.4 Å². The molecule has 0 spiro atoms. The molecule has 1 aromatic heterocycles. The molecule has 0 aliphatic rings. The van der Waals surface area contributed by atoms with E-state index in [1.807, 2.05) is 0 Å². The van der Waals surface area contributed by atoms with Crippen molar-refractivity contribution >= 4 is 16.9 Å². The minimum Gasteiger partial charge on any atom is -0.481 e. The fourth-order valence-corrected chi connectivity index (χ4v) is 1.86. The highest BCUT2D eigenvalue weighted by Crippen LogP contribution is 2.29. The molecule has 0 saturated carbocycles. The third-order valence-corrected chi connectivity index (χ3v) is 2.83. The summed E-state index contributed by atoms with van der Waals surface area (Å²) in [6.45, 7) is -0.786. The molecule has 102 valence electrons. The standard InChI is InChI=1S/C12H9F4NO2/c13-9-2-1-3-10-7(9)4-5-17(10)6-8(11(18)19)12(14,15)16/h1-5,8H,6H2,(H,18,19). The number of aliphatic carboxylic acids is 1. The molecule has 1 heterocycles. The third kappa shape index (κ3) is 2.54. The maximum absolute atomic E-state index is 13.4. The zero-order chi connectivity index (χ0) is 14.2. The van der Waals surface area contributed by atoms with Gasteiger partial charge in [0.2, 0.25) is 0 Å². The van der Waals surface area contributed by atoms with Gasteiger partial charge in [0, 0.05) is 18.1 Å². The summed E-state index contributed by atoms with van der Waals surface area (Å²) in [6.07, 6.45) is -3.61. The fraction of sp³-hybridized carbons (Fsp3) is 0.250. The highest BCUT2D eigenvalue weighted by molar-refractivity contribution is 5.81.